The molecule has 17 heavy (non-hydrogen) atoms. The maximum Gasteiger partial charge on any atom is 0.254 e. The molecule has 0 radical (unpaired) electrons. The van der Waals surface area contributed by atoms with Crippen LogP contribution >= 0.6 is 23.4 Å². The van der Waals surface area contributed by atoms with E-state index >= 15 is 0 Å². The molecule has 1 aliphatic rings. The Labute approximate surface area is 109 Å². The van der Waals surface area contributed by atoms with E-state index in [-0.39, 0.29) is 17.1 Å². The Morgan fingerprint density at radius 3 is 2.94 bits per heavy atom. The standard InChI is InChI=1S/C11H14ClN3OS/c12-10-9(5-7(13)6-14-10)11(16)15-8-1-3-17-4-2-8/h5-6,8H,1-4,13H2,(H,15,16). The average molecular weight is 272 g/mol. The van der Waals surface area contributed by atoms with Crippen molar-refractivity contribution in [2.75, 3.05) is 17.2 Å². The summed E-state index contributed by atoms with van der Waals surface area (Å²) in [6.45, 7) is 0. The summed E-state index contributed by atoms with van der Waals surface area (Å²) in [4.78, 5) is 15.9. The third kappa shape index (κ3) is 3.26. The molecule has 1 amide bonds. The van der Waals surface area contributed by atoms with E-state index in [1.807, 2.05) is 11.8 Å². The fourth-order valence-corrected chi connectivity index (χ4v) is 3.02. The number of rotatable bonds is 2. The lowest BCUT2D eigenvalue weighted by atomic mass is 10.1. The van der Waals surface area contributed by atoms with Crippen molar-refractivity contribution in [1.29, 1.82) is 0 Å². The lowest BCUT2D eigenvalue weighted by molar-refractivity contribution is 0.0934. The predicted octanol–water partition coefficient (Wildman–Crippen LogP) is 1.94. The number of halogens is 1. The molecule has 1 aliphatic heterocycles. The summed E-state index contributed by atoms with van der Waals surface area (Å²) in [5.74, 6) is 1.99. The van der Waals surface area contributed by atoms with Crippen molar-refractivity contribution in [3.05, 3.63) is 23.0 Å². The molecule has 0 bridgehead atoms. The number of nitrogens with one attached hydrogen (secondary N) is 1. The Morgan fingerprint density at radius 1 is 1.53 bits per heavy atom. The van der Waals surface area contributed by atoms with Gasteiger partial charge in [0.1, 0.15) is 5.15 Å². The topological polar surface area (TPSA) is 68.0 Å². The number of amides is 1. The molecule has 3 N–H and O–H groups in total. The number of hydrogen-bond donors (Lipinski definition) is 2. The van der Waals surface area contributed by atoms with E-state index < -0.39 is 0 Å². The third-order valence-electron chi connectivity index (χ3n) is 2.66. The zero-order valence-electron chi connectivity index (χ0n) is 9.28. The highest BCUT2D eigenvalue weighted by Crippen LogP contribution is 2.19. The van der Waals surface area contributed by atoms with Crippen LogP contribution in [0.2, 0.25) is 5.15 Å². The van der Waals surface area contributed by atoms with Gasteiger partial charge in [-0.15, -0.1) is 0 Å². The van der Waals surface area contributed by atoms with Crippen LogP contribution in [0.4, 0.5) is 5.69 Å². The van der Waals surface area contributed by atoms with Crippen LogP contribution in [0.3, 0.4) is 0 Å². The number of carbonyl (C=O) groups is 1. The molecule has 92 valence electrons. The smallest absolute Gasteiger partial charge is 0.254 e. The van der Waals surface area contributed by atoms with Crippen molar-refractivity contribution >= 4 is 35.0 Å². The fourth-order valence-electron chi connectivity index (χ4n) is 1.73. The monoisotopic (exact) mass is 271 g/mol. The lowest BCUT2D eigenvalue weighted by Crippen LogP contribution is -2.37. The summed E-state index contributed by atoms with van der Waals surface area (Å²) >= 11 is 7.79. The second-order valence-electron chi connectivity index (χ2n) is 3.97. The largest absolute Gasteiger partial charge is 0.397 e. The number of nitrogen functional groups attached to an aromatic ring is 1. The summed E-state index contributed by atoms with van der Waals surface area (Å²) in [6, 6.07) is 1.80. The minimum Gasteiger partial charge on any atom is -0.397 e. The minimum absolute atomic E-state index is 0.188. The van der Waals surface area contributed by atoms with Gasteiger partial charge in [0.2, 0.25) is 0 Å². The van der Waals surface area contributed by atoms with Gasteiger partial charge in [-0.3, -0.25) is 4.79 Å². The number of thioether (sulfide) groups is 1. The molecule has 0 saturated carbocycles. The zero-order valence-corrected chi connectivity index (χ0v) is 10.9. The van der Waals surface area contributed by atoms with Crippen molar-refractivity contribution in [1.82, 2.24) is 10.3 Å². The molecule has 6 heteroatoms. The molecule has 0 aromatic carbocycles. The molecule has 4 nitrogen and oxygen atoms in total. The minimum atomic E-state index is -0.188. The first-order valence-electron chi connectivity index (χ1n) is 5.46. The fraction of sp³-hybridized carbons (Fsp3) is 0.455. The number of nitrogens with two attached hydrogens (primary N) is 1. The van der Waals surface area contributed by atoms with Crippen LogP contribution < -0.4 is 11.1 Å². The second-order valence-corrected chi connectivity index (χ2v) is 5.55. The number of hydrogen-bond acceptors (Lipinski definition) is 4. The second kappa shape index (κ2) is 5.60. The number of pyridine rings is 1. The van der Waals surface area contributed by atoms with Crippen LogP contribution in [0.5, 0.6) is 0 Å². The van der Waals surface area contributed by atoms with Crippen molar-refractivity contribution in [3.8, 4) is 0 Å². The summed E-state index contributed by atoms with van der Waals surface area (Å²) < 4.78 is 0. The zero-order chi connectivity index (χ0) is 12.3. The van der Waals surface area contributed by atoms with Crippen molar-refractivity contribution in [2.24, 2.45) is 0 Å². The molecule has 0 aliphatic carbocycles. The number of carbonyl (C=O) groups excluding carboxylic acids is 1. The van der Waals surface area contributed by atoms with E-state index in [1.165, 1.54) is 6.20 Å². The normalized spacial score (nSPS) is 16.8. The van der Waals surface area contributed by atoms with Crippen molar-refractivity contribution in [2.45, 2.75) is 18.9 Å². The highest BCUT2D eigenvalue weighted by atomic mass is 35.5. The molecule has 1 aromatic heterocycles. The first kappa shape index (κ1) is 12.5. The van der Waals surface area contributed by atoms with E-state index in [4.69, 9.17) is 17.3 Å². The highest BCUT2D eigenvalue weighted by Gasteiger charge is 2.19. The van der Waals surface area contributed by atoms with Crippen molar-refractivity contribution in [3.63, 3.8) is 0 Å². The van der Waals surface area contributed by atoms with E-state index in [0.717, 1.165) is 24.3 Å². The Kier molecular flexibility index (Phi) is 4.12. The summed E-state index contributed by atoms with van der Waals surface area (Å²) in [6.07, 6.45) is 3.45. The van der Waals surface area contributed by atoms with Gasteiger partial charge < -0.3 is 11.1 Å². The molecular weight excluding hydrogens is 258 g/mol. The molecule has 2 rings (SSSR count). The Morgan fingerprint density at radius 2 is 2.24 bits per heavy atom. The van der Waals surface area contributed by atoms with E-state index in [9.17, 15) is 4.79 Å². The van der Waals surface area contributed by atoms with Crippen LogP contribution in [-0.2, 0) is 0 Å². The van der Waals surface area contributed by atoms with Crippen LogP contribution in [0, 0.1) is 0 Å². The molecule has 0 atom stereocenters. The molecule has 0 spiro atoms. The maximum atomic E-state index is 12.0. The van der Waals surface area contributed by atoms with Gasteiger partial charge in [0.25, 0.3) is 5.91 Å². The van der Waals surface area contributed by atoms with Gasteiger partial charge in [0, 0.05) is 6.04 Å². The Balaban J connectivity index is 2.05. The summed E-state index contributed by atoms with van der Waals surface area (Å²) in [5.41, 5.74) is 6.39. The number of nitrogens with zero attached hydrogens (tertiary/aromatic N) is 1. The number of anilines is 1. The predicted molar refractivity (Wildman–Crippen MR) is 71.5 cm³/mol. The van der Waals surface area contributed by atoms with E-state index in [2.05, 4.69) is 10.3 Å². The first-order chi connectivity index (χ1) is 8.16. The van der Waals surface area contributed by atoms with E-state index in [1.54, 1.807) is 6.07 Å². The van der Waals surface area contributed by atoms with E-state index in [0.29, 0.717) is 11.3 Å². The molecule has 1 saturated heterocycles. The SMILES string of the molecule is Nc1cnc(Cl)c(C(=O)NC2CCSCC2)c1. The van der Waals surface area contributed by atoms with Crippen LogP contribution in [0.25, 0.3) is 0 Å². The van der Waals surface area contributed by atoms with Gasteiger partial charge in [0.05, 0.1) is 17.4 Å². The van der Waals surface area contributed by atoms with Gasteiger partial charge in [-0.1, -0.05) is 11.6 Å². The van der Waals surface area contributed by atoms with Crippen LogP contribution in [0.1, 0.15) is 23.2 Å². The summed E-state index contributed by atoms with van der Waals surface area (Å²) in [5, 5.41) is 3.17. The Hall–Kier alpha value is -0.940. The molecular formula is C11H14ClN3OS. The average Bonchev–Trinajstić information content (AvgIpc) is 2.33. The lowest BCUT2D eigenvalue weighted by Gasteiger charge is -2.22. The quantitative estimate of drug-likeness (QED) is 0.807. The molecule has 1 fully saturated rings. The Bertz CT molecular complexity index is 421. The van der Waals surface area contributed by atoms with Crippen molar-refractivity contribution < 1.29 is 4.79 Å². The van der Waals surface area contributed by atoms with Gasteiger partial charge in [-0.25, -0.2) is 4.98 Å². The van der Waals surface area contributed by atoms with Gasteiger partial charge in [0.15, 0.2) is 0 Å². The molecule has 2 heterocycles. The molecule has 0 unspecified atom stereocenters. The molecule has 1 aromatic rings. The number of aromatic nitrogens is 1. The van der Waals surface area contributed by atoms with Gasteiger partial charge in [-0.2, -0.15) is 11.8 Å². The first-order valence-corrected chi connectivity index (χ1v) is 6.99. The maximum absolute atomic E-state index is 12.0. The van der Waals surface area contributed by atoms with Crippen LogP contribution in [0.15, 0.2) is 12.3 Å². The van der Waals surface area contributed by atoms with Gasteiger partial charge in [-0.05, 0) is 30.4 Å². The van der Waals surface area contributed by atoms with Gasteiger partial charge >= 0.3 is 0 Å². The summed E-state index contributed by atoms with van der Waals surface area (Å²) in [7, 11) is 0. The highest BCUT2D eigenvalue weighted by molar-refractivity contribution is 7.99. The van der Waals surface area contributed by atoms with Crippen LogP contribution in [-0.4, -0.2) is 28.4 Å². The third-order valence-corrected chi connectivity index (χ3v) is 4.01.